The molecule has 0 amide bonds. The average molecular weight is 251 g/mol. The molecule has 0 spiro atoms. The van der Waals surface area contributed by atoms with E-state index in [-0.39, 0.29) is 10.7 Å². The summed E-state index contributed by atoms with van der Waals surface area (Å²) in [6, 6.07) is 5.55. The molecule has 0 bridgehead atoms. The van der Waals surface area contributed by atoms with Gasteiger partial charge in [-0.15, -0.1) is 6.58 Å². The zero-order valence-corrected chi connectivity index (χ0v) is 11.7. The van der Waals surface area contributed by atoms with Crippen LogP contribution in [0.3, 0.4) is 0 Å². The maximum Gasteiger partial charge on any atom is 0.127 e. The van der Waals surface area contributed by atoms with Crippen molar-refractivity contribution in [3.8, 4) is 0 Å². The highest BCUT2D eigenvalue weighted by molar-refractivity contribution is 7.85. The van der Waals surface area contributed by atoms with Gasteiger partial charge in [-0.1, -0.05) is 32.9 Å². The topological polar surface area (TPSA) is 30.0 Å². The Morgan fingerprint density at radius 2 is 2.18 bits per heavy atom. The van der Waals surface area contributed by atoms with Crippen LogP contribution in [0.1, 0.15) is 33.6 Å². The van der Waals surface area contributed by atoms with Crippen LogP contribution >= 0.6 is 0 Å². The average Bonchev–Trinajstić information content (AvgIpc) is 2.27. The summed E-state index contributed by atoms with van der Waals surface area (Å²) in [6.07, 6.45) is 5.20. The third-order valence-corrected chi connectivity index (χ3v) is 4.03. The van der Waals surface area contributed by atoms with E-state index in [1.807, 2.05) is 24.3 Å². The molecule has 94 valence electrons. The lowest BCUT2D eigenvalue weighted by Gasteiger charge is -2.24. The van der Waals surface area contributed by atoms with Crippen LogP contribution in [0.15, 0.2) is 42.1 Å². The van der Waals surface area contributed by atoms with Gasteiger partial charge in [0.05, 0.1) is 10.8 Å². The maximum atomic E-state index is 12.4. The second kappa shape index (κ2) is 6.10. The molecule has 1 aromatic heterocycles. The van der Waals surface area contributed by atoms with Gasteiger partial charge in [0.15, 0.2) is 0 Å². The van der Waals surface area contributed by atoms with Crippen LogP contribution in [0.5, 0.6) is 0 Å². The van der Waals surface area contributed by atoms with Crippen molar-refractivity contribution < 1.29 is 4.21 Å². The first kappa shape index (κ1) is 14.1. The zero-order chi connectivity index (χ0) is 12.9. The molecule has 0 radical (unpaired) electrons. The van der Waals surface area contributed by atoms with Crippen LogP contribution in [0, 0.1) is 5.41 Å². The third kappa shape index (κ3) is 4.82. The van der Waals surface area contributed by atoms with E-state index in [1.54, 1.807) is 6.20 Å². The van der Waals surface area contributed by atoms with E-state index in [0.29, 0.717) is 5.03 Å². The number of allylic oxidation sites excluding steroid dienone is 1. The predicted octanol–water partition coefficient (Wildman–Crippen LogP) is 3.57. The number of nitrogens with zero attached hydrogens (tertiary/aromatic N) is 1. The van der Waals surface area contributed by atoms with Gasteiger partial charge in [0.1, 0.15) is 5.03 Å². The van der Waals surface area contributed by atoms with Gasteiger partial charge in [0.2, 0.25) is 0 Å². The quantitative estimate of drug-likeness (QED) is 0.749. The van der Waals surface area contributed by atoms with Gasteiger partial charge < -0.3 is 0 Å². The van der Waals surface area contributed by atoms with Gasteiger partial charge in [-0.2, -0.15) is 0 Å². The highest BCUT2D eigenvalue weighted by Crippen LogP contribution is 2.27. The molecular formula is C14H21NOS. The number of rotatable bonds is 5. The van der Waals surface area contributed by atoms with Gasteiger partial charge in [0, 0.05) is 11.4 Å². The molecule has 0 fully saturated rings. The number of aromatic nitrogens is 1. The number of pyridine rings is 1. The highest BCUT2D eigenvalue weighted by Gasteiger charge is 2.24. The molecule has 0 aliphatic rings. The SMILES string of the molecule is C=CC[C@H](CC(C)(C)C)S(=O)c1ccccn1. The molecule has 0 aromatic carbocycles. The Hall–Kier alpha value is -0.960. The number of hydrogen-bond acceptors (Lipinski definition) is 2. The van der Waals surface area contributed by atoms with Gasteiger partial charge in [-0.3, -0.25) is 4.21 Å². The van der Waals surface area contributed by atoms with Crippen LogP contribution < -0.4 is 0 Å². The van der Waals surface area contributed by atoms with Crippen molar-refractivity contribution in [2.75, 3.05) is 0 Å². The van der Waals surface area contributed by atoms with Gasteiger partial charge in [-0.05, 0) is 30.4 Å². The summed E-state index contributed by atoms with van der Waals surface area (Å²) >= 11 is 0. The largest absolute Gasteiger partial charge is 0.252 e. The zero-order valence-electron chi connectivity index (χ0n) is 10.8. The molecule has 1 rings (SSSR count). The molecule has 0 saturated heterocycles. The first-order valence-corrected chi connectivity index (χ1v) is 7.08. The number of hydrogen-bond donors (Lipinski definition) is 0. The normalized spacial score (nSPS) is 15.2. The van der Waals surface area contributed by atoms with E-state index >= 15 is 0 Å². The molecular weight excluding hydrogens is 230 g/mol. The Bertz CT molecular complexity index is 381. The van der Waals surface area contributed by atoms with E-state index in [9.17, 15) is 4.21 Å². The second-order valence-electron chi connectivity index (χ2n) is 5.38. The first-order chi connectivity index (χ1) is 7.94. The monoisotopic (exact) mass is 251 g/mol. The molecule has 1 aromatic rings. The van der Waals surface area contributed by atoms with Crippen LogP contribution in [0.4, 0.5) is 0 Å². The fraction of sp³-hybridized carbons (Fsp3) is 0.500. The predicted molar refractivity (Wildman–Crippen MR) is 73.3 cm³/mol. The van der Waals surface area contributed by atoms with Crippen molar-refractivity contribution in [1.82, 2.24) is 4.98 Å². The van der Waals surface area contributed by atoms with Crippen molar-refractivity contribution in [3.05, 3.63) is 37.1 Å². The van der Waals surface area contributed by atoms with Gasteiger partial charge in [0.25, 0.3) is 0 Å². The lowest BCUT2D eigenvalue weighted by Crippen LogP contribution is -2.22. The molecule has 1 heterocycles. The van der Waals surface area contributed by atoms with Crippen molar-refractivity contribution in [2.45, 2.75) is 43.9 Å². The molecule has 0 aliphatic heterocycles. The van der Waals surface area contributed by atoms with E-state index in [2.05, 4.69) is 32.3 Å². The maximum absolute atomic E-state index is 12.4. The Kier molecular flexibility index (Phi) is 5.06. The fourth-order valence-electron chi connectivity index (χ4n) is 1.75. The van der Waals surface area contributed by atoms with Gasteiger partial charge >= 0.3 is 0 Å². The minimum atomic E-state index is -1.05. The first-order valence-electron chi connectivity index (χ1n) is 5.86. The molecule has 17 heavy (non-hydrogen) atoms. The Labute approximate surface area is 107 Å². The Morgan fingerprint density at radius 3 is 2.65 bits per heavy atom. The second-order valence-corrected chi connectivity index (χ2v) is 7.06. The van der Waals surface area contributed by atoms with Crippen LogP contribution in [-0.4, -0.2) is 14.4 Å². The molecule has 2 nitrogen and oxygen atoms in total. The van der Waals surface area contributed by atoms with E-state index in [0.717, 1.165) is 12.8 Å². The fourth-order valence-corrected chi connectivity index (χ4v) is 3.43. The Morgan fingerprint density at radius 1 is 1.47 bits per heavy atom. The van der Waals surface area contributed by atoms with Crippen molar-refractivity contribution in [1.29, 1.82) is 0 Å². The van der Waals surface area contributed by atoms with Crippen molar-refractivity contribution in [2.24, 2.45) is 5.41 Å². The van der Waals surface area contributed by atoms with E-state index in [1.165, 1.54) is 0 Å². The molecule has 0 N–H and O–H groups in total. The third-order valence-electron chi connectivity index (χ3n) is 2.42. The summed E-state index contributed by atoms with van der Waals surface area (Å²) in [6.45, 7) is 10.2. The summed E-state index contributed by atoms with van der Waals surface area (Å²) in [5.41, 5.74) is 0.165. The lowest BCUT2D eigenvalue weighted by molar-refractivity contribution is 0.369. The summed E-state index contributed by atoms with van der Waals surface area (Å²) in [5, 5.41) is 0.769. The molecule has 2 atom stereocenters. The minimum Gasteiger partial charge on any atom is -0.252 e. The smallest absolute Gasteiger partial charge is 0.127 e. The standard InChI is InChI=1S/C14H21NOS/c1-5-8-12(11-14(2,3)4)17(16)13-9-6-7-10-15-13/h5-7,9-10,12H,1,8,11H2,2-4H3/t12-,17?/m1/s1. The summed E-state index contributed by atoms with van der Waals surface area (Å²) in [7, 11) is -1.05. The Balaban J connectivity index is 2.84. The minimum absolute atomic E-state index is 0.0994. The lowest BCUT2D eigenvalue weighted by atomic mass is 9.89. The summed E-state index contributed by atoms with van der Waals surface area (Å²) in [4.78, 5) is 4.18. The molecule has 0 saturated carbocycles. The highest BCUT2D eigenvalue weighted by atomic mass is 32.2. The summed E-state index contributed by atoms with van der Waals surface area (Å²) < 4.78 is 12.4. The summed E-state index contributed by atoms with van der Waals surface area (Å²) in [5.74, 6) is 0. The van der Waals surface area contributed by atoms with E-state index in [4.69, 9.17) is 0 Å². The molecule has 0 aliphatic carbocycles. The van der Waals surface area contributed by atoms with Crippen molar-refractivity contribution in [3.63, 3.8) is 0 Å². The van der Waals surface area contributed by atoms with Crippen molar-refractivity contribution >= 4 is 10.8 Å². The van der Waals surface area contributed by atoms with E-state index < -0.39 is 10.8 Å². The van der Waals surface area contributed by atoms with Crippen LogP contribution in [0.2, 0.25) is 0 Å². The molecule has 1 unspecified atom stereocenters. The van der Waals surface area contributed by atoms with Crippen LogP contribution in [-0.2, 0) is 10.8 Å². The molecule has 3 heteroatoms. The van der Waals surface area contributed by atoms with Gasteiger partial charge in [-0.25, -0.2) is 4.98 Å². The van der Waals surface area contributed by atoms with Crippen LogP contribution in [0.25, 0.3) is 0 Å².